The van der Waals surface area contributed by atoms with Crippen LogP contribution in [0.4, 0.5) is 42.6 Å². The van der Waals surface area contributed by atoms with Crippen LogP contribution in [0, 0.1) is 61.7 Å². The molecule has 660 valence electrons. The Labute approximate surface area is 788 Å². The molecule has 128 heavy (non-hydrogen) atoms. The molecule has 6 saturated carbocycles. The number of anilines is 6. The van der Waals surface area contributed by atoms with Crippen molar-refractivity contribution in [1.29, 1.82) is 0 Å². The van der Waals surface area contributed by atoms with Gasteiger partial charge in [0.05, 0.1) is 59.5 Å². The number of thiazole rings is 1. The summed E-state index contributed by atoms with van der Waals surface area (Å²) >= 11 is 57.1. The number of aryl methyl sites for hydroxylation is 3. The summed E-state index contributed by atoms with van der Waals surface area (Å²) in [4.78, 5) is 106. The molecule has 18 rings (SSSR count). The minimum atomic E-state index is -3.03. The Morgan fingerprint density at radius 2 is 0.789 bits per heavy atom. The first-order valence-electron chi connectivity index (χ1n) is 40.2. The summed E-state index contributed by atoms with van der Waals surface area (Å²) in [6.45, 7) is 10.3. The van der Waals surface area contributed by atoms with E-state index in [0.717, 1.165) is 33.5 Å². The van der Waals surface area contributed by atoms with Crippen LogP contribution >= 0.6 is 116 Å². The van der Waals surface area contributed by atoms with Crippen molar-refractivity contribution in [1.82, 2.24) is 19.9 Å². The third kappa shape index (κ3) is 23.5. The molecule has 12 unspecified atom stereocenters. The van der Waals surface area contributed by atoms with Gasteiger partial charge in [-0.15, -0.1) is 104 Å². The number of rotatable bonds is 19. The predicted molar refractivity (Wildman–Crippen MR) is 503 cm³/mol. The predicted octanol–water partition coefficient (Wildman–Crippen LogP) is 23.2. The molecule has 12 atom stereocenters. The fourth-order valence-corrected chi connectivity index (χ4v) is 19.7. The summed E-state index contributed by atoms with van der Waals surface area (Å²) in [5, 5.41) is 19.5. The first-order chi connectivity index (χ1) is 61.1. The molecule has 0 spiro atoms. The molecular formula is C97H85Cl9F2N10O9S. The molecule has 6 fully saturated rings. The number of amides is 6. The molecule has 19 nitrogen and oxygen atoms in total. The highest BCUT2D eigenvalue weighted by Gasteiger charge is 2.73. The van der Waals surface area contributed by atoms with Gasteiger partial charge in [0.15, 0.2) is 5.13 Å². The summed E-state index contributed by atoms with van der Waals surface area (Å²) in [5.41, 5.74) is 10.9. The van der Waals surface area contributed by atoms with Crippen LogP contribution in [-0.4, -0.2) is 91.9 Å². The minimum Gasteiger partial charge on any atom is -0.496 e. The number of methoxy groups -OCH3 is 1. The van der Waals surface area contributed by atoms with Crippen LogP contribution in [0.2, 0.25) is 5.02 Å². The van der Waals surface area contributed by atoms with Crippen LogP contribution in [0.25, 0.3) is 0 Å². The van der Waals surface area contributed by atoms with Crippen LogP contribution in [0.15, 0.2) is 297 Å². The number of pyridine rings is 3. The number of ether oxygens (including phenoxy) is 1. The van der Waals surface area contributed by atoms with E-state index in [9.17, 15) is 37.5 Å². The number of benzene rings is 8. The maximum atomic E-state index is 14.1. The molecule has 0 saturated heterocycles. The number of nitrogens with one attached hydrogen (secondary N) is 6. The van der Waals surface area contributed by atoms with Gasteiger partial charge in [0.25, 0.3) is 5.92 Å². The number of halogens is 11. The van der Waals surface area contributed by atoms with Gasteiger partial charge in [-0.05, 0) is 132 Å². The Kier molecular flexibility index (Phi) is 31.5. The number of hydrogen-bond donors (Lipinski definition) is 6. The van der Waals surface area contributed by atoms with E-state index in [-0.39, 0.29) is 70.7 Å². The van der Waals surface area contributed by atoms with E-state index in [1.165, 1.54) is 41.3 Å². The van der Waals surface area contributed by atoms with Crippen LogP contribution < -0.4 is 36.6 Å². The summed E-state index contributed by atoms with van der Waals surface area (Å²) in [5.74, 6) is -7.50. The standard InChI is InChI=1S/C20H23NO.C18H17F2NO2.C15H11Cl3N2O.2C15H12Cl2N2O.C13H10Cl2N2OS.CO2/c1-13-8-10-16(11-9-13)21-19(22)18-17(20(18,3)4)15-7-5-6-14(2)12-15;1-11-10-12(8-9-14(11)23-2)15-16(18(15,19)20)17(22)21-13-6-4-3-5-7-13;16-10-6-7-11(19-8-10)20-14(21)13-12(15(13,17)18)9-4-2-1-3-5-9;16-15(17)12(10-6-2-1-3-7-10)13(15)14(20)19-11-8-4-5-9-18-11;16-15(17)12(10-5-2-1-3-6-10)13(15)14(20)19-11-7-4-8-18-9-11;14-13(15)9(8-4-2-1-3-5-8)10(13)11(18)17-12-16-6-7-19-12;2-1-3/h5-12,17-18H,1-4H3,(H,21,22);3-10,15-16H,1-2H3,(H,21,22);1-8,12-13H,(H,19,20,21);1-9,12-13H,(H,18,19,20);1-9,12-13H,(H,19,20);1-7,9-10H,(H,16,17,18);. The Morgan fingerprint density at radius 3 is 1.21 bits per heavy atom. The third-order valence-electron chi connectivity index (χ3n) is 22.5. The van der Waals surface area contributed by atoms with Gasteiger partial charge < -0.3 is 36.6 Å². The van der Waals surface area contributed by atoms with Gasteiger partial charge in [-0.1, -0.05) is 231 Å². The molecule has 4 heterocycles. The van der Waals surface area contributed by atoms with E-state index in [2.05, 4.69) is 96.9 Å². The maximum Gasteiger partial charge on any atom is 0.373 e. The van der Waals surface area contributed by atoms with Crippen LogP contribution in [0.3, 0.4) is 0 Å². The molecule has 6 aliphatic rings. The molecule has 31 heteroatoms. The van der Waals surface area contributed by atoms with Crippen molar-refractivity contribution < 1.29 is 51.9 Å². The lowest BCUT2D eigenvalue weighted by Crippen LogP contribution is -2.17. The smallest absolute Gasteiger partial charge is 0.373 e. The Morgan fingerprint density at radius 1 is 0.375 bits per heavy atom. The van der Waals surface area contributed by atoms with Crippen LogP contribution in [0.1, 0.15) is 99.4 Å². The summed E-state index contributed by atoms with van der Waals surface area (Å²) in [7, 11) is 1.53. The Hall–Kier alpha value is -10.7. The second-order valence-electron chi connectivity index (χ2n) is 31.6. The Bertz CT molecular complexity index is 5750. The van der Waals surface area contributed by atoms with E-state index < -0.39 is 64.7 Å². The molecule has 6 N–H and O–H groups in total. The molecule has 6 amide bonds. The quantitative estimate of drug-likeness (QED) is 0.0412. The average Bonchev–Trinajstić information content (AvgIpc) is 1.58. The Balaban J connectivity index is 0.000000139. The lowest BCUT2D eigenvalue weighted by Gasteiger charge is -2.07. The van der Waals surface area contributed by atoms with Gasteiger partial charge in [-0.3, -0.25) is 33.8 Å². The zero-order chi connectivity index (χ0) is 92.0. The lowest BCUT2D eigenvalue weighted by molar-refractivity contribution is -0.191. The number of alkyl halides is 10. The molecule has 0 radical (unpaired) electrons. The number of para-hydroxylation sites is 1. The molecule has 0 aliphatic heterocycles. The summed E-state index contributed by atoms with van der Waals surface area (Å²) < 4.78 is 29.2. The largest absolute Gasteiger partial charge is 0.496 e. The SMILES string of the molecule is COc1ccc(C2C(C(=O)Nc3ccccc3)C2(F)F)cc1C.Cc1ccc(NC(=O)C2C(c3cccc(C)c3)C2(C)C)cc1.O=C(Nc1ccc(Cl)cn1)C1C(c2ccccc2)C1(Cl)Cl.O=C(Nc1ccccn1)C1C(c2ccccc2)C1(Cl)Cl.O=C(Nc1cccnc1)C1C(c2ccccc2)C1(Cl)Cl.O=C(Nc1nccs1)C1C(c2ccccc2)C1(Cl)Cl.O=C=O. The number of aromatic nitrogens is 4. The van der Waals surface area contributed by atoms with E-state index >= 15 is 0 Å². The minimum absolute atomic E-state index is 0.0164. The first kappa shape index (κ1) is 96.4. The van der Waals surface area contributed by atoms with Gasteiger partial charge in [-0.2, -0.15) is 9.59 Å². The summed E-state index contributed by atoms with van der Waals surface area (Å²) in [6, 6.07) is 80.5. The molecule has 8 aromatic carbocycles. The van der Waals surface area contributed by atoms with Crippen molar-refractivity contribution in [2.45, 2.75) is 93.4 Å². The number of nitrogens with zero attached hydrogens (tertiary/aromatic N) is 4. The molecule has 0 bridgehead atoms. The van der Waals surface area contributed by atoms with Gasteiger partial charge in [0.1, 0.15) is 40.6 Å². The maximum absolute atomic E-state index is 14.1. The van der Waals surface area contributed by atoms with Crippen molar-refractivity contribution in [3.05, 3.63) is 352 Å². The lowest BCUT2D eigenvalue weighted by atomic mass is 10.0. The molecule has 4 aromatic heterocycles. The second-order valence-corrected chi connectivity index (χ2v) is 38.7. The number of carbonyl (C=O) groups is 6. The summed E-state index contributed by atoms with van der Waals surface area (Å²) in [6.07, 6.45) is 8.20. The van der Waals surface area contributed by atoms with Gasteiger partial charge in [0, 0.05) is 71.1 Å². The van der Waals surface area contributed by atoms with Gasteiger partial charge >= 0.3 is 6.15 Å². The van der Waals surface area contributed by atoms with E-state index in [4.69, 9.17) is 119 Å². The van der Waals surface area contributed by atoms with Crippen LogP contribution in [-0.2, 0) is 38.4 Å². The van der Waals surface area contributed by atoms with Crippen LogP contribution in [0.5, 0.6) is 5.75 Å². The molecular weight excluding hydrogens is 1840 g/mol. The second kappa shape index (κ2) is 41.8. The topological polar surface area (TPSA) is 270 Å². The third-order valence-corrected chi connectivity index (χ3v) is 27.1. The van der Waals surface area contributed by atoms with Crippen molar-refractivity contribution in [3.63, 3.8) is 0 Å². The fraction of sp³-hybridized carbons (Fsp3) is 0.247. The highest BCUT2D eigenvalue weighted by atomic mass is 35.5. The van der Waals surface area contributed by atoms with Gasteiger partial charge in [0.2, 0.25) is 35.4 Å². The zero-order valence-corrected chi connectivity index (χ0v) is 76.9. The van der Waals surface area contributed by atoms with Gasteiger partial charge in [-0.25, -0.2) is 23.7 Å². The molecule has 6 aliphatic carbocycles. The normalized spacial score (nSPS) is 22.2. The van der Waals surface area contributed by atoms with E-state index in [1.54, 1.807) is 128 Å². The fourth-order valence-electron chi connectivity index (χ4n) is 15.7. The van der Waals surface area contributed by atoms with E-state index in [1.807, 2.05) is 153 Å². The van der Waals surface area contributed by atoms with Crippen molar-refractivity contribution in [3.8, 4) is 5.75 Å². The first-order valence-corrected chi connectivity index (χ1v) is 44.4. The monoisotopic (exact) mass is 1920 g/mol. The highest BCUT2D eigenvalue weighted by molar-refractivity contribution is 7.13. The van der Waals surface area contributed by atoms with Crippen molar-refractivity contribution in [2.75, 3.05) is 39.0 Å². The zero-order valence-electron chi connectivity index (χ0n) is 69.2. The number of carbonyl (C=O) groups excluding carboxylic acids is 8. The molecule has 12 aromatic rings. The van der Waals surface area contributed by atoms with Crippen molar-refractivity contribution in [2.24, 2.45) is 40.9 Å². The van der Waals surface area contributed by atoms with E-state index in [0.29, 0.717) is 50.4 Å². The average molecular weight is 1920 g/mol. The van der Waals surface area contributed by atoms with Crippen molar-refractivity contribution >= 4 is 191 Å². The highest BCUT2D eigenvalue weighted by Crippen LogP contribution is 2.69. The number of hydrogen-bond acceptors (Lipinski definition) is 14.